The van der Waals surface area contributed by atoms with E-state index in [1.807, 2.05) is 0 Å². The van der Waals surface area contributed by atoms with Gasteiger partial charge in [0, 0.05) is 11.1 Å². The molecule has 20 heavy (non-hydrogen) atoms. The zero-order chi connectivity index (χ0) is 15.3. The molecule has 0 saturated heterocycles. The van der Waals surface area contributed by atoms with Crippen molar-refractivity contribution in [2.24, 2.45) is 0 Å². The number of hydrogen-bond acceptors (Lipinski definition) is 2. The van der Waals surface area contributed by atoms with Crippen molar-refractivity contribution in [1.29, 1.82) is 0 Å². The molecule has 0 saturated carbocycles. The second kappa shape index (κ2) is 6.60. The molecule has 0 unspecified atom stereocenters. The minimum atomic E-state index is -5.04. The molecular weight excluding hydrogens is 299 g/mol. The number of amides is 1. The lowest BCUT2D eigenvalue weighted by molar-refractivity contribution is -0.174. The quantitative estimate of drug-likeness (QED) is 0.877. The molecule has 2 N–H and O–H groups in total. The van der Waals surface area contributed by atoms with Crippen LogP contribution in [0.15, 0.2) is 24.3 Å². The molecule has 4 nitrogen and oxygen atoms in total. The van der Waals surface area contributed by atoms with Crippen LogP contribution in [0.3, 0.4) is 0 Å². The van der Waals surface area contributed by atoms with Crippen LogP contribution in [0.2, 0.25) is 5.02 Å². The van der Waals surface area contributed by atoms with Gasteiger partial charge in [0.15, 0.2) is 0 Å². The van der Waals surface area contributed by atoms with E-state index in [-0.39, 0.29) is 6.42 Å². The van der Waals surface area contributed by atoms with Crippen molar-refractivity contribution in [3.8, 4) is 0 Å². The standard InChI is InChI=1S/C12H11ClF3NO3/c13-8-3-1-7(2-4-8)5-9(6-10(18)19)17-11(20)12(14,15)16/h1-4,9H,5-6H2,(H,17,20)(H,18,19)/t9-/m0/s1. The van der Waals surface area contributed by atoms with Crippen LogP contribution in [0, 0.1) is 0 Å². The van der Waals surface area contributed by atoms with E-state index < -0.39 is 30.5 Å². The van der Waals surface area contributed by atoms with Crippen LogP contribution in [0.5, 0.6) is 0 Å². The van der Waals surface area contributed by atoms with E-state index in [2.05, 4.69) is 0 Å². The molecular formula is C12H11ClF3NO3. The third-order valence-corrected chi connectivity index (χ3v) is 2.66. The average molecular weight is 310 g/mol. The predicted molar refractivity (Wildman–Crippen MR) is 65.4 cm³/mol. The van der Waals surface area contributed by atoms with Gasteiger partial charge in [0.25, 0.3) is 0 Å². The first-order valence-corrected chi connectivity index (χ1v) is 5.90. The van der Waals surface area contributed by atoms with Crippen LogP contribution in [-0.2, 0) is 16.0 Å². The number of hydrogen-bond donors (Lipinski definition) is 2. The van der Waals surface area contributed by atoms with Gasteiger partial charge in [0.05, 0.1) is 6.42 Å². The Morgan fingerprint density at radius 2 is 1.80 bits per heavy atom. The van der Waals surface area contributed by atoms with Crippen LogP contribution in [0.1, 0.15) is 12.0 Å². The Labute approximate surface area is 117 Å². The maximum Gasteiger partial charge on any atom is 0.471 e. The molecule has 0 bridgehead atoms. The first kappa shape index (κ1) is 16.3. The van der Waals surface area contributed by atoms with E-state index in [9.17, 15) is 22.8 Å². The number of aliphatic carboxylic acids is 1. The van der Waals surface area contributed by atoms with Crippen molar-refractivity contribution in [2.75, 3.05) is 0 Å². The lowest BCUT2D eigenvalue weighted by Gasteiger charge is -2.18. The predicted octanol–water partition coefficient (Wildman–Crippen LogP) is 2.40. The summed E-state index contributed by atoms with van der Waals surface area (Å²) in [6.07, 6.45) is -5.69. The number of alkyl halides is 3. The molecule has 1 rings (SSSR count). The Bertz CT molecular complexity index is 488. The Morgan fingerprint density at radius 3 is 2.25 bits per heavy atom. The van der Waals surface area contributed by atoms with Gasteiger partial charge >= 0.3 is 18.1 Å². The van der Waals surface area contributed by atoms with Gasteiger partial charge in [-0.2, -0.15) is 13.2 Å². The molecule has 0 aromatic heterocycles. The Kier molecular flexibility index (Phi) is 5.38. The number of nitrogens with one attached hydrogen (secondary N) is 1. The SMILES string of the molecule is O=C(O)C[C@H](Cc1ccc(Cl)cc1)NC(=O)C(F)(F)F. The highest BCUT2D eigenvalue weighted by Gasteiger charge is 2.39. The van der Waals surface area contributed by atoms with Crippen LogP contribution in [0.25, 0.3) is 0 Å². The van der Waals surface area contributed by atoms with E-state index in [1.54, 1.807) is 17.4 Å². The van der Waals surface area contributed by atoms with Gasteiger partial charge in [-0.25, -0.2) is 0 Å². The summed E-state index contributed by atoms with van der Waals surface area (Å²) in [5, 5.41) is 10.8. The lowest BCUT2D eigenvalue weighted by Crippen LogP contribution is -2.45. The monoisotopic (exact) mass is 309 g/mol. The maximum absolute atomic E-state index is 12.2. The number of carbonyl (C=O) groups excluding carboxylic acids is 1. The van der Waals surface area contributed by atoms with E-state index in [0.29, 0.717) is 10.6 Å². The number of carbonyl (C=O) groups is 2. The van der Waals surface area contributed by atoms with Gasteiger partial charge in [-0.1, -0.05) is 23.7 Å². The van der Waals surface area contributed by atoms with Crippen molar-refractivity contribution in [3.63, 3.8) is 0 Å². The van der Waals surface area contributed by atoms with Crippen molar-refractivity contribution in [3.05, 3.63) is 34.9 Å². The summed E-state index contributed by atoms with van der Waals surface area (Å²) in [5.74, 6) is -3.45. The van der Waals surface area contributed by atoms with Gasteiger partial charge in [-0.05, 0) is 24.1 Å². The highest BCUT2D eigenvalue weighted by atomic mass is 35.5. The maximum atomic E-state index is 12.2. The first-order valence-electron chi connectivity index (χ1n) is 5.52. The average Bonchev–Trinajstić information content (AvgIpc) is 2.30. The molecule has 1 amide bonds. The number of benzene rings is 1. The summed E-state index contributed by atoms with van der Waals surface area (Å²) in [6.45, 7) is 0. The third-order valence-electron chi connectivity index (χ3n) is 2.41. The normalized spacial score (nSPS) is 12.8. The summed E-state index contributed by atoms with van der Waals surface area (Å²) >= 11 is 5.66. The van der Waals surface area contributed by atoms with Crippen molar-refractivity contribution < 1.29 is 27.9 Å². The van der Waals surface area contributed by atoms with Crippen LogP contribution >= 0.6 is 11.6 Å². The first-order chi connectivity index (χ1) is 9.18. The second-order valence-corrected chi connectivity index (χ2v) is 4.53. The highest BCUT2D eigenvalue weighted by molar-refractivity contribution is 6.30. The van der Waals surface area contributed by atoms with Gasteiger partial charge < -0.3 is 10.4 Å². The molecule has 1 atom stereocenters. The highest BCUT2D eigenvalue weighted by Crippen LogP contribution is 2.16. The molecule has 0 aliphatic carbocycles. The summed E-state index contributed by atoms with van der Waals surface area (Å²) in [4.78, 5) is 21.5. The molecule has 110 valence electrons. The van der Waals surface area contributed by atoms with Crippen molar-refractivity contribution in [1.82, 2.24) is 5.32 Å². The second-order valence-electron chi connectivity index (χ2n) is 4.10. The van der Waals surface area contributed by atoms with Gasteiger partial charge in [-0.3, -0.25) is 9.59 Å². The minimum Gasteiger partial charge on any atom is -0.481 e. The third kappa shape index (κ3) is 5.48. The summed E-state index contributed by atoms with van der Waals surface area (Å²) in [5.41, 5.74) is 0.572. The fraction of sp³-hybridized carbons (Fsp3) is 0.333. The zero-order valence-corrected chi connectivity index (χ0v) is 10.8. The zero-order valence-electron chi connectivity index (χ0n) is 10.1. The molecule has 0 heterocycles. The van der Waals surface area contributed by atoms with E-state index in [4.69, 9.17) is 16.7 Å². The molecule has 1 aromatic carbocycles. The lowest BCUT2D eigenvalue weighted by atomic mass is 10.0. The van der Waals surface area contributed by atoms with Crippen molar-refractivity contribution >= 4 is 23.5 Å². The van der Waals surface area contributed by atoms with Gasteiger partial charge in [-0.15, -0.1) is 0 Å². The van der Waals surface area contributed by atoms with Gasteiger partial charge in [0.2, 0.25) is 0 Å². The largest absolute Gasteiger partial charge is 0.481 e. The topological polar surface area (TPSA) is 66.4 Å². The Hall–Kier alpha value is -1.76. The number of carboxylic acid groups (broad SMARTS) is 1. The van der Waals surface area contributed by atoms with E-state index >= 15 is 0 Å². The molecule has 0 fully saturated rings. The van der Waals surface area contributed by atoms with E-state index in [0.717, 1.165) is 0 Å². The smallest absolute Gasteiger partial charge is 0.471 e. The van der Waals surface area contributed by atoms with Crippen LogP contribution in [-0.4, -0.2) is 29.2 Å². The fourth-order valence-electron chi connectivity index (χ4n) is 1.56. The fourth-order valence-corrected chi connectivity index (χ4v) is 1.68. The van der Waals surface area contributed by atoms with Gasteiger partial charge in [0.1, 0.15) is 0 Å². The molecule has 1 aromatic rings. The van der Waals surface area contributed by atoms with E-state index in [1.165, 1.54) is 12.1 Å². The van der Waals surface area contributed by atoms with Crippen LogP contribution in [0.4, 0.5) is 13.2 Å². The summed E-state index contributed by atoms with van der Waals surface area (Å²) < 4.78 is 36.5. The summed E-state index contributed by atoms with van der Waals surface area (Å²) in [7, 11) is 0. The Balaban J connectivity index is 2.76. The molecule has 0 spiro atoms. The minimum absolute atomic E-state index is 0.0364. The molecule has 0 aliphatic heterocycles. The number of rotatable bonds is 5. The molecule has 0 radical (unpaired) electrons. The van der Waals surface area contributed by atoms with Crippen molar-refractivity contribution in [2.45, 2.75) is 25.1 Å². The molecule has 0 aliphatic rings. The number of carboxylic acids is 1. The number of halogens is 4. The van der Waals surface area contributed by atoms with Crippen LogP contribution < -0.4 is 5.32 Å². The molecule has 8 heteroatoms. The Morgan fingerprint density at radius 1 is 1.25 bits per heavy atom. The summed E-state index contributed by atoms with van der Waals surface area (Å²) in [6, 6.07) is 5.01.